The molecule has 1 N–H and O–H groups in total. The Morgan fingerprint density at radius 1 is 0.871 bits per heavy atom. The lowest BCUT2D eigenvalue weighted by Crippen LogP contribution is -2.46. The number of benzene rings is 2. The fourth-order valence-electron chi connectivity index (χ4n) is 3.79. The summed E-state index contributed by atoms with van der Waals surface area (Å²) in [5.41, 5.74) is -0.760. The van der Waals surface area contributed by atoms with E-state index < -0.39 is 29.3 Å². The van der Waals surface area contributed by atoms with E-state index >= 15 is 0 Å². The molecule has 0 amide bonds. The van der Waals surface area contributed by atoms with Crippen molar-refractivity contribution in [2.24, 2.45) is 0 Å². The van der Waals surface area contributed by atoms with Gasteiger partial charge in [0.1, 0.15) is 5.82 Å². The maximum absolute atomic E-state index is 13.3. The lowest BCUT2D eigenvalue weighted by atomic mass is 10.1. The number of nitrogens with zero attached hydrogens (tertiary/aromatic N) is 2. The lowest BCUT2D eigenvalue weighted by molar-refractivity contribution is -0.139. The first-order valence-electron chi connectivity index (χ1n) is 9.46. The Morgan fingerprint density at radius 3 is 2.23 bits per heavy atom. The Bertz CT molecular complexity index is 1080. The van der Waals surface area contributed by atoms with Crippen LogP contribution in [-0.4, -0.2) is 36.1 Å². The summed E-state index contributed by atoms with van der Waals surface area (Å²) in [5.74, 6) is -0.950. The number of fused-ring (bicyclic) bond motifs is 1. The van der Waals surface area contributed by atoms with Crippen molar-refractivity contribution in [1.82, 2.24) is 9.88 Å². The molecular weight excluding hydrogens is 427 g/mol. The van der Waals surface area contributed by atoms with Crippen molar-refractivity contribution in [2.45, 2.75) is 18.9 Å². The van der Waals surface area contributed by atoms with Crippen LogP contribution in [-0.2, 0) is 18.9 Å². The number of piperazine rings is 1. The Kier molecular flexibility index (Phi) is 5.36. The number of halogens is 7. The fourth-order valence-corrected chi connectivity index (χ4v) is 3.79. The lowest BCUT2D eigenvalue weighted by Gasteiger charge is -2.36. The van der Waals surface area contributed by atoms with Crippen molar-refractivity contribution in [3.8, 4) is 0 Å². The number of hydrogen-bond donors (Lipinski definition) is 1. The topological polar surface area (TPSA) is 22.3 Å². The van der Waals surface area contributed by atoms with Crippen LogP contribution in [0.25, 0.3) is 10.9 Å². The second kappa shape index (κ2) is 7.74. The normalized spacial score (nSPS) is 16.3. The minimum atomic E-state index is -4.66. The molecule has 0 unspecified atom stereocenters. The summed E-state index contributed by atoms with van der Waals surface area (Å²) in [5, 5.41) is 0.390. The zero-order chi connectivity index (χ0) is 22.4. The van der Waals surface area contributed by atoms with E-state index in [0.717, 1.165) is 24.3 Å². The average molecular weight is 444 g/mol. The molecular formula is C21H17F7N3. The van der Waals surface area contributed by atoms with Gasteiger partial charge >= 0.3 is 12.4 Å². The van der Waals surface area contributed by atoms with Crippen LogP contribution in [0.15, 0.2) is 36.4 Å². The van der Waals surface area contributed by atoms with Crippen molar-refractivity contribution in [1.29, 1.82) is 0 Å². The molecule has 1 radical (unpaired) electrons. The summed E-state index contributed by atoms with van der Waals surface area (Å²) in [6, 6.07) is 6.04. The standard InChI is InChI=1S/C21H17F7N3/c22-15-3-1-13(17(10-15)21(26,27)28)12-30-5-7-31(8-6-30)19-11-29-18-4-2-14(9-16(18)19)20(23,24)25/h1-4,9-10,29H,5-8,12H2. The summed E-state index contributed by atoms with van der Waals surface area (Å²) in [7, 11) is 0. The quantitative estimate of drug-likeness (QED) is 0.542. The third-order valence-electron chi connectivity index (χ3n) is 5.38. The van der Waals surface area contributed by atoms with Crippen LogP contribution in [0.5, 0.6) is 0 Å². The van der Waals surface area contributed by atoms with E-state index in [0.29, 0.717) is 48.8 Å². The van der Waals surface area contributed by atoms with Crippen molar-refractivity contribution in [3.63, 3.8) is 0 Å². The molecule has 1 aliphatic rings. The van der Waals surface area contributed by atoms with Crippen molar-refractivity contribution in [2.75, 3.05) is 31.1 Å². The number of H-pyrrole nitrogens is 1. The van der Waals surface area contributed by atoms with E-state index in [9.17, 15) is 30.7 Å². The van der Waals surface area contributed by atoms with Crippen molar-refractivity contribution < 1.29 is 30.7 Å². The number of rotatable bonds is 3. The molecule has 2 aromatic carbocycles. The van der Waals surface area contributed by atoms with Gasteiger partial charge in [0.15, 0.2) is 0 Å². The summed E-state index contributed by atoms with van der Waals surface area (Å²) in [6.45, 7) is 1.60. The molecule has 31 heavy (non-hydrogen) atoms. The molecule has 0 aliphatic carbocycles. The number of nitrogens with one attached hydrogen (secondary N) is 1. The van der Waals surface area contributed by atoms with Gasteiger partial charge in [-0.1, -0.05) is 6.07 Å². The molecule has 3 aromatic rings. The van der Waals surface area contributed by atoms with Crippen LogP contribution < -0.4 is 4.90 Å². The summed E-state index contributed by atoms with van der Waals surface area (Å²) in [6.07, 6.45) is -6.24. The molecule has 165 valence electrons. The van der Waals surface area contributed by atoms with Crippen LogP contribution in [0.1, 0.15) is 16.7 Å². The molecule has 0 saturated carbocycles. The molecule has 3 nitrogen and oxygen atoms in total. The van der Waals surface area contributed by atoms with Crippen LogP contribution in [0.4, 0.5) is 36.4 Å². The second-order valence-corrected chi connectivity index (χ2v) is 7.42. The van der Waals surface area contributed by atoms with Gasteiger partial charge in [0.2, 0.25) is 0 Å². The zero-order valence-electron chi connectivity index (χ0n) is 16.0. The zero-order valence-corrected chi connectivity index (χ0v) is 16.0. The Morgan fingerprint density at radius 2 is 1.58 bits per heavy atom. The molecule has 1 aromatic heterocycles. The van der Waals surface area contributed by atoms with Gasteiger partial charge in [0.05, 0.1) is 23.0 Å². The van der Waals surface area contributed by atoms with Crippen LogP contribution >= 0.6 is 0 Å². The Hall–Kier alpha value is -2.75. The predicted molar refractivity (Wildman–Crippen MR) is 101 cm³/mol. The number of anilines is 1. The third kappa shape index (κ3) is 4.48. The fraction of sp³-hybridized carbons (Fsp3) is 0.333. The van der Waals surface area contributed by atoms with E-state index in [1.807, 2.05) is 4.90 Å². The van der Waals surface area contributed by atoms with Crippen molar-refractivity contribution >= 4 is 16.6 Å². The summed E-state index contributed by atoms with van der Waals surface area (Å²) < 4.78 is 92.1. The van der Waals surface area contributed by atoms with Gasteiger partial charge in [-0.05, 0) is 35.9 Å². The highest BCUT2D eigenvalue weighted by Crippen LogP contribution is 2.36. The Labute approximate surface area is 173 Å². The van der Waals surface area contributed by atoms with Crippen LogP contribution in [0, 0.1) is 12.0 Å². The van der Waals surface area contributed by atoms with Gasteiger partial charge in [0, 0.05) is 43.6 Å². The van der Waals surface area contributed by atoms with Crippen molar-refractivity contribution in [3.05, 3.63) is 65.1 Å². The molecule has 1 aliphatic heterocycles. The molecule has 10 heteroatoms. The Balaban J connectivity index is 1.49. The number of aromatic amines is 1. The summed E-state index contributed by atoms with van der Waals surface area (Å²) in [4.78, 5) is 6.49. The third-order valence-corrected chi connectivity index (χ3v) is 5.38. The summed E-state index contributed by atoms with van der Waals surface area (Å²) >= 11 is 0. The average Bonchev–Trinajstić information content (AvgIpc) is 3.12. The monoisotopic (exact) mass is 444 g/mol. The van der Waals surface area contributed by atoms with Gasteiger partial charge in [0.25, 0.3) is 0 Å². The van der Waals surface area contributed by atoms with E-state index in [1.165, 1.54) is 6.07 Å². The first-order valence-corrected chi connectivity index (χ1v) is 9.46. The van der Waals surface area contributed by atoms with Gasteiger partial charge in [-0.15, -0.1) is 0 Å². The molecule has 1 fully saturated rings. The molecule has 4 rings (SSSR count). The van der Waals surface area contributed by atoms with E-state index in [-0.39, 0.29) is 12.1 Å². The first kappa shape index (κ1) is 21.5. The molecule has 0 bridgehead atoms. The molecule has 1 saturated heterocycles. The highest BCUT2D eigenvalue weighted by Gasteiger charge is 2.35. The maximum atomic E-state index is 13.3. The van der Waals surface area contributed by atoms with E-state index in [4.69, 9.17) is 0 Å². The smallest absolute Gasteiger partial charge is 0.367 e. The minimum Gasteiger partial charge on any atom is -0.367 e. The largest absolute Gasteiger partial charge is 0.416 e. The highest BCUT2D eigenvalue weighted by molar-refractivity contribution is 5.93. The van der Waals surface area contributed by atoms with Crippen LogP contribution in [0.3, 0.4) is 0 Å². The van der Waals surface area contributed by atoms with Crippen LogP contribution in [0.2, 0.25) is 0 Å². The first-order chi connectivity index (χ1) is 14.5. The molecule has 0 atom stereocenters. The number of aromatic nitrogens is 1. The van der Waals surface area contributed by atoms with E-state index in [1.54, 1.807) is 4.90 Å². The molecule has 2 heterocycles. The SMILES string of the molecule is Fc1ccc(CN2CCN(c3[c][nH]c4ccc(C(F)(F)F)cc34)CC2)c(C(F)(F)F)c1. The van der Waals surface area contributed by atoms with E-state index in [2.05, 4.69) is 11.2 Å². The number of hydrogen-bond acceptors (Lipinski definition) is 2. The van der Waals surface area contributed by atoms with Gasteiger partial charge < -0.3 is 9.88 Å². The minimum absolute atomic E-state index is 0.00121. The molecule has 0 spiro atoms. The second-order valence-electron chi connectivity index (χ2n) is 7.42. The highest BCUT2D eigenvalue weighted by atomic mass is 19.4. The maximum Gasteiger partial charge on any atom is 0.416 e. The van der Waals surface area contributed by atoms with Gasteiger partial charge in [-0.2, -0.15) is 26.3 Å². The predicted octanol–water partition coefficient (Wildman–Crippen LogP) is 5.47. The number of alkyl halides is 6. The van der Waals surface area contributed by atoms with Gasteiger partial charge in [-0.25, -0.2) is 4.39 Å². The van der Waals surface area contributed by atoms with Gasteiger partial charge in [-0.3, -0.25) is 4.90 Å².